The number of rotatable bonds is 6. The van der Waals surface area contributed by atoms with Crippen molar-refractivity contribution in [3.63, 3.8) is 0 Å². The molecule has 1 fully saturated rings. The maximum atomic E-state index is 13.4. The average Bonchev–Trinajstić information content (AvgIpc) is 3.49. The fraction of sp³-hybridized carbons (Fsp3) is 0.304. The fourth-order valence-electron chi connectivity index (χ4n) is 3.41. The normalized spacial score (nSPS) is 17.0. The molecule has 2 unspecified atom stereocenters. The van der Waals surface area contributed by atoms with E-state index in [4.69, 9.17) is 0 Å². The maximum absolute atomic E-state index is 13.4. The first kappa shape index (κ1) is 27.1. The minimum absolute atomic E-state index is 0.157. The van der Waals surface area contributed by atoms with Crippen molar-refractivity contribution in [1.29, 1.82) is 0 Å². The van der Waals surface area contributed by atoms with Crippen LogP contribution in [0.4, 0.5) is 22.0 Å². The summed E-state index contributed by atoms with van der Waals surface area (Å²) >= 11 is 0.847. The molecule has 4 rings (SSSR count). The van der Waals surface area contributed by atoms with E-state index in [0.29, 0.717) is 29.1 Å². The van der Waals surface area contributed by atoms with Crippen LogP contribution < -0.4 is 5.32 Å². The second-order valence-corrected chi connectivity index (χ2v) is 9.90. The zero-order valence-electron chi connectivity index (χ0n) is 18.5. The Morgan fingerprint density at radius 1 is 1.17 bits per heavy atom. The maximum Gasteiger partial charge on any atom is 0.434 e. The number of alkyl halides is 3. The summed E-state index contributed by atoms with van der Waals surface area (Å²) in [5.74, 6) is -0.847. The number of carbonyl (C=O) groups is 1. The minimum Gasteiger partial charge on any atom is -0.316 e. The van der Waals surface area contributed by atoms with E-state index in [0.717, 1.165) is 35.8 Å². The third-order valence-electron chi connectivity index (χ3n) is 5.01. The van der Waals surface area contributed by atoms with Gasteiger partial charge in [-0.3, -0.25) is 0 Å². The number of thiazole rings is 1. The van der Waals surface area contributed by atoms with E-state index in [1.807, 2.05) is 0 Å². The molecule has 2 heterocycles. The summed E-state index contributed by atoms with van der Waals surface area (Å²) in [6.45, 7) is 1.08. The molecule has 12 heteroatoms. The van der Waals surface area contributed by atoms with Crippen molar-refractivity contribution in [3.8, 4) is 10.6 Å². The molecule has 0 spiro atoms. The zero-order valence-corrected chi connectivity index (χ0v) is 20.2. The molecule has 0 radical (unpaired) electrons. The number of nitrogens with one attached hydrogen (secondary N) is 1. The SMILES string of the molecule is CNCc1cc(F)cc(-c2nc(C(F)(F)F)cs2)c1.O=CC1CCCN1S(=O)c1ccc(F)cc1. The Morgan fingerprint density at radius 2 is 1.89 bits per heavy atom. The smallest absolute Gasteiger partial charge is 0.316 e. The summed E-state index contributed by atoms with van der Waals surface area (Å²) < 4.78 is 77.2. The topological polar surface area (TPSA) is 62.3 Å². The van der Waals surface area contributed by atoms with Gasteiger partial charge in [0.2, 0.25) is 0 Å². The number of aromatic nitrogens is 1. The third kappa shape index (κ3) is 7.23. The molecule has 1 N–H and O–H groups in total. The van der Waals surface area contributed by atoms with Crippen molar-refractivity contribution >= 4 is 28.6 Å². The van der Waals surface area contributed by atoms with Gasteiger partial charge in [0.15, 0.2) is 5.69 Å². The first-order valence-electron chi connectivity index (χ1n) is 10.5. The van der Waals surface area contributed by atoms with Crippen molar-refractivity contribution in [2.75, 3.05) is 13.6 Å². The Bertz CT molecular complexity index is 1170. The lowest BCUT2D eigenvalue weighted by atomic mass is 10.1. The van der Waals surface area contributed by atoms with Crippen LogP contribution in [0.15, 0.2) is 52.7 Å². The van der Waals surface area contributed by atoms with E-state index < -0.39 is 28.7 Å². The van der Waals surface area contributed by atoms with Gasteiger partial charge in [-0.25, -0.2) is 22.3 Å². The molecular formula is C23H22F5N3O2S2. The predicted octanol–water partition coefficient (Wildman–Crippen LogP) is 5.20. The van der Waals surface area contributed by atoms with Crippen LogP contribution >= 0.6 is 11.3 Å². The monoisotopic (exact) mass is 531 g/mol. The number of hydrogen-bond donors (Lipinski definition) is 1. The van der Waals surface area contributed by atoms with Crippen LogP contribution in [0, 0.1) is 11.6 Å². The molecule has 1 aliphatic rings. The Morgan fingerprint density at radius 3 is 2.49 bits per heavy atom. The van der Waals surface area contributed by atoms with Gasteiger partial charge in [-0.05, 0) is 67.9 Å². The van der Waals surface area contributed by atoms with Gasteiger partial charge < -0.3 is 10.1 Å². The van der Waals surface area contributed by atoms with Gasteiger partial charge in [-0.2, -0.15) is 13.2 Å². The molecule has 0 amide bonds. The number of halogens is 5. The number of benzene rings is 2. The van der Waals surface area contributed by atoms with Gasteiger partial charge >= 0.3 is 6.18 Å². The Kier molecular flexibility index (Phi) is 9.22. The summed E-state index contributed by atoms with van der Waals surface area (Å²) in [4.78, 5) is 14.8. The lowest BCUT2D eigenvalue weighted by Crippen LogP contribution is -2.32. The molecule has 1 aromatic heterocycles. The Hall–Kier alpha value is -2.54. The first-order valence-corrected chi connectivity index (χ1v) is 12.5. The van der Waals surface area contributed by atoms with E-state index in [1.165, 1.54) is 36.4 Å². The van der Waals surface area contributed by atoms with Crippen molar-refractivity contribution in [1.82, 2.24) is 14.6 Å². The molecule has 188 valence electrons. The Balaban J connectivity index is 0.000000198. The van der Waals surface area contributed by atoms with Crippen LogP contribution in [0.3, 0.4) is 0 Å². The molecule has 1 aliphatic heterocycles. The highest BCUT2D eigenvalue weighted by Gasteiger charge is 2.34. The van der Waals surface area contributed by atoms with Crippen molar-refractivity contribution < 1.29 is 31.0 Å². The van der Waals surface area contributed by atoms with E-state index in [9.17, 15) is 31.0 Å². The highest BCUT2D eigenvalue weighted by Crippen LogP contribution is 2.34. The quantitative estimate of drug-likeness (QED) is 0.351. The highest BCUT2D eigenvalue weighted by molar-refractivity contribution is 7.82. The number of nitrogens with zero attached hydrogens (tertiary/aromatic N) is 2. The van der Waals surface area contributed by atoms with Gasteiger partial charge in [-0.1, -0.05) is 0 Å². The zero-order chi connectivity index (χ0) is 25.6. The summed E-state index contributed by atoms with van der Waals surface area (Å²) in [6.07, 6.45) is -2.03. The largest absolute Gasteiger partial charge is 0.434 e. The van der Waals surface area contributed by atoms with Gasteiger partial charge in [0.05, 0.1) is 10.9 Å². The van der Waals surface area contributed by atoms with Gasteiger partial charge in [0, 0.05) is 24.0 Å². The molecule has 2 atom stereocenters. The van der Waals surface area contributed by atoms with Crippen LogP contribution in [0.2, 0.25) is 0 Å². The number of hydrogen-bond acceptors (Lipinski definition) is 5. The van der Waals surface area contributed by atoms with E-state index in [2.05, 4.69) is 10.3 Å². The minimum atomic E-state index is -4.48. The molecule has 0 saturated carbocycles. The average molecular weight is 532 g/mol. The summed E-state index contributed by atoms with van der Waals surface area (Å²) in [5, 5.41) is 3.94. The Labute approximate surface area is 205 Å². The van der Waals surface area contributed by atoms with Crippen LogP contribution in [0.1, 0.15) is 24.1 Å². The van der Waals surface area contributed by atoms with Gasteiger partial charge in [-0.15, -0.1) is 11.3 Å². The van der Waals surface area contributed by atoms with Gasteiger partial charge in [0.1, 0.15) is 33.9 Å². The van der Waals surface area contributed by atoms with Crippen LogP contribution in [0.25, 0.3) is 10.6 Å². The van der Waals surface area contributed by atoms with Crippen molar-refractivity contribution in [2.24, 2.45) is 0 Å². The fourth-order valence-corrected chi connectivity index (χ4v) is 5.56. The van der Waals surface area contributed by atoms with E-state index >= 15 is 0 Å². The molecule has 3 aromatic rings. The van der Waals surface area contributed by atoms with Crippen LogP contribution in [-0.2, 0) is 28.5 Å². The lowest BCUT2D eigenvalue weighted by Gasteiger charge is -2.18. The third-order valence-corrected chi connectivity index (χ3v) is 7.46. The number of aldehydes is 1. The van der Waals surface area contributed by atoms with Crippen molar-refractivity contribution in [2.45, 2.75) is 36.5 Å². The molecule has 1 saturated heterocycles. The number of carbonyl (C=O) groups excluding carboxylic acids is 1. The van der Waals surface area contributed by atoms with Crippen LogP contribution in [0.5, 0.6) is 0 Å². The van der Waals surface area contributed by atoms with Gasteiger partial charge in [0.25, 0.3) is 0 Å². The highest BCUT2D eigenvalue weighted by atomic mass is 32.2. The van der Waals surface area contributed by atoms with E-state index in [-0.39, 0.29) is 16.9 Å². The summed E-state index contributed by atoms with van der Waals surface area (Å²) in [7, 11) is 0.343. The predicted molar refractivity (Wildman–Crippen MR) is 124 cm³/mol. The second kappa shape index (κ2) is 11.9. The second-order valence-electron chi connectivity index (χ2n) is 7.60. The molecule has 0 aliphatic carbocycles. The first-order chi connectivity index (χ1) is 16.6. The van der Waals surface area contributed by atoms with E-state index in [1.54, 1.807) is 17.4 Å². The summed E-state index contributed by atoms with van der Waals surface area (Å²) in [6, 6.07) is 9.40. The molecular weight excluding hydrogens is 509 g/mol. The lowest BCUT2D eigenvalue weighted by molar-refractivity contribution is -0.140. The van der Waals surface area contributed by atoms with Crippen LogP contribution in [-0.4, -0.2) is 39.4 Å². The standard InChI is InChI=1S/C12H10F4N2S.C11H12FNO2S/c1-17-5-7-2-8(4-9(13)3-7)11-18-10(6-19-11)12(14,15)16;12-9-3-5-11(6-4-9)16(15)13-7-1-2-10(13)8-14/h2-4,6,17H,5H2,1H3;3-6,8,10H,1-2,7H2. The molecule has 35 heavy (non-hydrogen) atoms. The molecule has 2 aromatic carbocycles. The molecule has 5 nitrogen and oxygen atoms in total. The summed E-state index contributed by atoms with van der Waals surface area (Å²) in [5.41, 5.74) is 0.0546. The molecule has 0 bridgehead atoms. The van der Waals surface area contributed by atoms with Crippen molar-refractivity contribution in [3.05, 3.63) is 70.7 Å².